The van der Waals surface area contributed by atoms with Crippen LogP contribution in [0, 0.1) is 0 Å². The Hall–Kier alpha value is -3.09. The Morgan fingerprint density at radius 2 is 1.62 bits per heavy atom. The highest BCUT2D eigenvalue weighted by molar-refractivity contribution is 6.07. The molecule has 0 bridgehead atoms. The third kappa shape index (κ3) is 3.52. The minimum absolute atomic E-state index is 0.311. The van der Waals surface area contributed by atoms with Crippen molar-refractivity contribution in [3.63, 3.8) is 0 Å². The molecule has 1 fully saturated rings. The first-order valence-electron chi connectivity index (χ1n) is 9.71. The quantitative estimate of drug-likeness (QED) is 0.803. The van der Waals surface area contributed by atoms with Gasteiger partial charge in [0.25, 0.3) is 11.7 Å². The van der Waals surface area contributed by atoms with Gasteiger partial charge in [0.2, 0.25) is 5.75 Å². The fourth-order valence-corrected chi connectivity index (χ4v) is 3.94. The normalized spacial score (nSPS) is 16.4. The summed E-state index contributed by atoms with van der Waals surface area (Å²) in [5.41, 5.74) is 0.952. The largest absolute Gasteiger partial charge is 0.493 e. The first-order chi connectivity index (χ1) is 14.1. The summed E-state index contributed by atoms with van der Waals surface area (Å²) >= 11 is 0. The third-order valence-corrected chi connectivity index (χ3v) is 5.36. The van der Waals surface area contributed by atoms with Gasteiger partial charge in [-0.05, 0) is 37.1 Å². The van der Waals surface area contributed by atoms with Gasteiger partial charge < -0.3 is 29.0 Å². The smallest absolute Gasteiger partial charge is 0.259 e. The van der Waals surface area contributed by atoms with E-state index >= 15 is 0 Å². The molecule has 0 aromatic heterocycles. The molecule has 154 valence electrons. The van der Waals surface area contributed by atoms with E-state index in [4.69, 9.17) is 23.7 Å². The van der Waals surface area contributed by atoms with Gasteiger partial charge in [0.05, 0.1) is 26.9 Å². The monoisotopic (exact) mass is 399 g/mol. The molecule has 0 saturated heterocycles. The molecule has 2 aromatic carbocycles. The van der Waals surface area contributed by atoms with E-state index in [1.807, 2.05) is 6.07 Å². The number of carbonyl (C=O) groups is 1. The molecule has 0 atom stereocenters. The number of amides is 1. The van der Waals surface area contributed by atoms with Gasteiger partial charge in [-0.15, -0.1) is 0 Å². The zero-order valence-electron chi connectivity index (χ0n) is 16.9. The van der Waals surface area contributed by atoms with Crippen molar-refractivity contribution in [1.82, 2.24) is 0 Å². The highest BCUT2D eigenvalue weighted by Gasteiger charge is 2.42. The molecule has 1 aliphatic heterocycles. The van der Waals surface area contributed by atoms with Gasteiger partial charge in [-0.1, -0.05) is 6.42 Å². The Bertz CT molecular complexity index is 920. The second-order valence-corrected chi connectivity index (χ2v) is 7.17. The van der Waals surface area contributed by atoms with Crippen LogP contribution in [0.15, 0.2) is 30.3 Å². The van der Waals surface area contributed by atoms with Crippen molar-refractivity contribution in [2.75, 3.05) is 26.6 Å². The van der Waals surface area contributed by atoms with Crippen molar-refractivity contribution in [3.05, 3.63) is 35.9 Å². The topological polar surface area (TPSA) is 75.3 Å². The van der Waals surface area contributed by atoms with Crippen molar-refractivity contribution < 1.29 is 28.5 Å². The molecule has 1 saturated carbocycles. The number of carbonyl (C=O) groups excluding carboxylic acids is 1. The summed E-state index contributed by atoms with van der Waals surface area (Å²) in [7, 11) is 4.52. The Labute approximate surface area is 169 Å². The molecule has 0 radical (unpaired) electrons. The predicted molar refractivity (Wildman–Crippen MR) is 108 cm³/mol. The maximum absolute atomic E-state index is 12.9. The lowest BCUT2D eigenvalue weighted by Crippen LogP contribution is -2.40. The van der Waals surface area contributed by atoms with E-state index in [1.54, 1.807) is 24.3 Å². The summed E-state index contributed by atoms with van der Waals surface area (Å²) in [6.45, 7) is 0. The average Bonchev–Trinajstić information content (AvgIpc) is 3.09. The van der Waals surface area contributed by atoms with Crippen LogP contribution >= 0.6 is 0 Å². The van der Waals surface area contributed by atoms with E-state index < -0.39 is 5.79 Å². The molecule has 2 aliphatic rings. The van der Waals surface area contributed by atoms with Crippen LogP contribution in [0.1, 0.15) is 42.5 Å². The molecule has 0 unspecified atom stereocenters. The lowest BCUT2D eigenvalue weighted by atomic mass is 9.94. The molecular formula is C22H25NO6. The molecule has 4 rings (SSSR count). The first kappa shape index (κ1) is 19.2. The maximum Gasteiger partial charge on any atom is 0.259 e. The molecule has 7 heteroatoms. The second kappa shape index (κ2) is 7.73. The van der Waals surface area contributed by atoms with Crippen LogP contribution in [0.25, 0.3) is 0 Å². The number of benzene rings is 2. The maximum atomic E-state index is 12.9. The summed E-state index contributed by atoms with van der Waals surface area (Å²) in [6, 6.07) is 8.74. The third-order valence-electron chi connectivity index (χ3n) is 5.36. The number of hydrogen-bond donors (Lipinski definition) is 1. The summed E-state index contributed by atoms with van der Waals surface area (Å²) in [5.74, 6) is 1.67. The number of anilines is 1. The predicted octanol–water partition coefficient (Wildman–Crippen LogP) is 4.40. The molecule has 1 heterocycles. The molecular weight excluding hydrogens is 374 g/mol. The van der Waals surface area contributed by atoms with E-state index in [9.17, 15) is 4.79 Å². The van der Waals surface area contributed by atoms with Gasteiger partial charge in [0.15, 0.2) is 23.0 Å². The zero-order chi connectivity index (χ0) is 20.4. The van der Waals surface area contributed by atoms with E-state index in [2.05, 4.69) is 5.32 Å². The zero-order valence-corrected chi connectivity index (χ0v) is 16.9. The highest BCUT2D eigenvalue weighted by Crippen LogP contribution is 2.46. The number of ether oxygens (including phenoxy) is 5. The van der Waals surface area contributed by atoms with Crippen LogP contribution < -0.4 is 29.0 Å². The minimum atomic E-state index is -0.546. The SMILES string of the molecule is COc1ccc(C(=O)Nc2ccc3c(c2)OC2(CCCCC2)O3)c(OC)c1OC. The van der Waals surface area contributed by atoms with Crippen LogP contribution in [0.4, 0.5) is 5.69 Å². The van der Waals surface area contributed by atoms with Crippen LogP contribution in [0.3, 0.4) is 0 Å². The fraction of sp³-hybridized carbons (Fsp3) is 0.409. The van der Waals surface area contributed by atoms with Crippen LogP contribution in [-0.2, 0) is 0 Å². The summed E-state index contributed by atoms with van der Waals surface area (Å²) < 4.78 is 28.3. The van der Waals surface area contributed by atoms with Gasteiger partial charge in [-0.2, -0.15) is 0 Å². The Kier molecular flexibility index (Phi) is 5.13. The average molecular weight is 399 g/mol. The van der Waals surface area contributed by atoms with E-state index in [-0.39, 0.29) is 5.91 Å². The van der Waals surface area contributed by atoms with Gasteiger partial charge >= 0.3 is 0 Å². The second-order valence-electron chi connectivity index (χ2n) is 7.17. The number of rotatable bonds is 5. The fourth-order valence-electron chi connectivity index (χ4n) is 3.94. The molecule has 2 aromatic rings. The van der Waals surface area contributed by atoms with Crippen molar-refractivity contribution >= 4 is 11.6 Å². The van der Waals surface area contributed by atoms with E-state index in [1.165, 1.54) is 27.8 Å². The number of hydrogen-bond acceptors (Lipinski definition) is 6. The van der Waals surface area contributed by atoms with Gasteiger partial charge in [0, 0.05) is 24.6 Å². The highest BCUT2D eigenvalue weighted by atomic mass is 16.7. The van der Waals surface area contributed by atoms with E-state index in [0.29, 0.717) is 40.0 Å². The minimum Gasteiger partial charge on any atom is -0.493 e. The van der Waals surface area contributed by atoms with Crippen LogP contribution in [0.5, 0.6) is 28.7 Å². The van der Waals surface area contributed by atoms with Crippen molar-refractivity contribution in [3.8, 4) is 28.7 Å². The van der Waals surface area contributed by atoms with Crippen molar-refractivity contribution in [2.24, 2.45) is 0 Å². The summed E-state index contributed by atoms with van der Waals surface area (Å²) in [4.78, 5) is 12.9. The molecule has 1 amide bonds. The molecule has 29 heavy (non-hydrogen) atoms. The van der Waals surface area contributed by atoms with Gasteiger partial charge in [0.1, 0.15) is 0 Å². The van der Waals surface area contributed by atoms with E-state index in [0.717, 1.165) is 25.7 Å². The van der Waals surface area contributed by atoms with Crippen molar-refractivity contribution in [1.29, 1.82) is 0 Å². The Morgan fingerprint density at radius 3 is 2.31 bits per heavy atom. The standard InChI is InChI=1S/C22H25NO6/c1-25-17-10-8-15(19(26-2)20(17)27-3)21(24)23-14-7-9-16-18(13-14)29-22(28-16)11-5-4-6-12-22/h7-10,13H,4-6,11-12H2,1-3H3,(H,23,24). The first-order valence-corrected chi connectivity index (χ1v) is 9.71. The number of nitrogens with one attached hydrogen (secondary N) is 1. The van der Waals surface area contributed by atoms with Crippen LogP contribution in [-0.4, -0.2) is 33.0 Å². The number of fused-ring (bicyclic) bond motifs is 1. The molecule has 7 nitrogen and oxygen atoms in total. The van der Waals surface area contributed by atoms with Gasteiger partial charge in [-0.3, -0.25) is 4.79 Å². The lowest BCUT2D eigenvalue weighted by molar-refractivity contribution is -0.105. The molecule has 1 spiro atoms. The Balaban J connectivity index is 1.56. The van der Waals surface area contributed by atoms with Crippen LogP contribution in [0.2, 0.25) is 0 Å². The summed E-state index contributed by atoms with van der Waals surface area (Å²) in [6.07, 6.45) is 5.16. The summed E-state index contributed by atoms with van der Waals surface area (Å²) in [5, 5.41) is 2.89. The number of methoxy groups -OCH3 is 3. The van der Waals surface area contributed by atoms with Crippen molar-refractivity contribution in [2.45, 2.75) is 37.9 Å². The molecule has 1 aliphatic carbocycles. The molecule has 1 N–H and O–H groups in total. The van der Waals surface area contributed by atoms with Gasteiger partial charge in [-0.25, -0.2) is 0 Å². The Morgan fingerprint density at radius 1 is 0.897 bits per heavy atom. The lowest BCUT2D eigenvalue weighted by Gasteiger charge is -2.31.